The first-order chi connectivity index (χ1) is 16.6. The van der Waals surface area contributed by atoms with E-state index in [1.807, 2.05) is 48.5 Å². The van der Waals surface area contributed by atoms with Gasteiger partial charge in [0.15, 0.2) is 0 Å². The number of carbonyl (C=O) groups excluding carboxylic acids is 2. The van der Waals surface area contributed by atoms with E-state index in [1.165, 1.54) is 0 Å². The third kappa shape index (κ3) is 5.71. The van der Waals surface area contributed by atoms with E-state index in [4.69, 9.17) is 0 Å². The lowest BCUT2D eigenvalue weighted by Gasteiger charge is -2.21. The number of unbranched alkanes of at least 4 members (excludes halogenated alkanes) is 2. The number of fused-ring (bicyclic) bond motifs is 1. The molecule has 0 radical (unpaired) electrons. The molecule has 176 valence electrons. The molecule has 0 spiro atoms. The Morgan fingerprint density at radius 2 is 1.71 bits per heavy atom. The summed E-state index contributed by atoms with van der Waals surface area (Å²) >= 11 is 4.51. The van der Waals surface area contributed by atoms with Crippen molar-refractivity contribution in [3.8, 4) is 11.1 Å². The second-order valence-electron chi connectivity index (χ2n) is 8.92. The summed E-state index contributed by atoms with van der Waals surface area (Å²) in [5, 5.41) is 5.56. The Balaban J connectivity index is 1.60. The maximum Gasteiger partial charge on any atom is 0.243 e. The van der Waals surface area contributed by atoms with Crippen molar-refractivity contribution in [3.05, 3.63) is 95.6 Å². The first-order valence-corrected chi connectivity index (χ1v) is 12.6. The van der Waals surface area contributed by atoms with E-state index < -0.39 is 11.3 Å². The summed E-state index contributed by atoms with van der Waals surface area (Å²) in [7, 11) is 0. The van der Waals surface area contributed by atoms with Crippen LogP contribution in [0.15, 0.2) is 78.9 Å². The minimum atomic E-state index is -0.636. The van der Waals surface area contributed by atoms with E-state index in [9.17, 15) is 9.59 Å². The highest BCUT2D eigenvalue weighted by Crippen LogP contribution is 2.32. The fraction of sp³-hybridized carbons (Fsp3) is 0.310. The first-order valence-electron chi connectivity index (χ1n) is 12.1. The Bertz CT molecular complexity index is 1120. The summed E-state index contributed by atoms with van der Waals surface area (Å²) in [5.41, 5.74) is 5.34. The Morgan fingerprint density at radius 3 is 2.41 bits per heavy atom. The summed E-state index contributed by atoms with van der Waals surface area (Å²) in [6.45, 7) is 2.18. The van der Waals surface area contributed by atoms with Gasteiger partial charge in [-0.1, -0.05) is 99.0 Å². The Kier molecular flexibility index (Phi) is 8.07. The van der Waals surface area contributed by atoms with E-state index in [1.54, 1.807) is 0 Å². The number of rotatable bonds is 8. The van der Waals surface area contributed by atoms with Gasteiger partial charge in [0.05, 0.1) is 6.04 Å². The SMILES string of the molecule is CCCCC[C@H]1NC(=O)[C@@H](NC(=O)C(S)c2ccccc2)Cc2ccc(-c3ccccc3)cc21. The van der Waals surface area contributed by atoms with Crippen LogP contribution in [0.3, 0.4) is 0 Å². The summed E-state index contributed by atoms with van der Waals surface area (Å²) < 4.78 is 0. The Morgan fingerprint density at radius 1 is 1.00 bits per heavy atom. The predicted molar refractivity (Wildman–Crippen MR) is 141 cm³/mol. The summed E-state index contributed by atoms with van der Waals surface area (Å²) in [6.07, 6.45) is 4.63. The van der Waals surface area contributed by atoms with Gasteiger partial charge in [0.2, 0.25) is 11.8 Å². The third-order valence-corrected chi connectivity index (χ3v) is 6.99. The van der Waals surface area contributed by atoms with Crippen molar-refractivity contribution in [3.63, 3.8) is 0 Å². The molecule has 2 amide bonds. The monoisotopic (exact) mass is 472 g/mol. The van der Waals surface area contributed by atoms with Crippen molar-refractivity contribution in [1.29, 1.82) is 0 Å². The summed E-state index contributed by atoms with van der Waals surface area (Å²) in [5.74, 6) is -0.400. The van der Waals surface area contributed by atoms with Gasteiger partial charge in [0.1, 0.15) is 11.3 Å². The second kappa shape index (κ2) is 11.4. The number of carbonyl (C=O) groups is 2. The van der Waals surface area contributed by atoms with E-state index in [0.717, 1.165) is 53.5 Å². The molecular weight excluding hydrogens is 440 g/mol. The molecule has 3 aromatic carbocycles. The van der Waals surface area contributed by atoms with Crippen LogP contribution in [0, 0.1) is 0 Å². The molecule has 5 heteroatoms. The number of nitrogens with one attached hydrogen (secondary N) is 2. The molecule has 1 aliphatic heterocycles. The molecule has 4 nitrogen and oxygen atoms in total. The van der Waals surface area contributed by atoms with Gasteiger partial charge >= 0.3 is 0 Å². The zero-order valence-corrected chi connectivity index (χ0v) is 20.4. The van der Waals surface area contributed by atoms with Gasteiger partial charge < -0.3 is 10.6 Å². The molecule has 0 saturated heterocycles. The highest BCUT2D eigenvalue weighted by atomic mass is 32.1. The second-order valence-corrected chi connectivity index (χ2v) is 9.43. The van der Waals surface area contributed by atoms with E-state index in [-0.39, 0.29) is 17.9 Å². The van der Waals surface area contributed by atoms with Gasteiger partial charge in [-0.15, -0.1) is 0 Å². The molecule has 3 atom stereocenters. The molecule has 34 heavy (non-hydrogen) atoms. The first kappa shape index (κ1) is 24.1. The summed E-state index contributed by atoms with van der Waals surface area (Å²) in [4.78, 5) is 26.2. The highest BCUT2D eigenvalue weighted by molar-refractivity contribution is 7.81. The van der Waals surface area contributed by atoms with Crippen LogP contribution < -0.4 is 10.6 Å². The molecule has 0 fully saturated rings. The molecule has 1 heterocycles. The van der Waals surface area contributed by atoms with Crippen molar-refractivity contribution in [2.24, 2.45) is 0 Å². The third-order valence-electron chi connectivity index (χ3n) is 6.46. The molecule has 1 aliphatic rings. The summed E-state index contributed by atoms with van der Waals surface area (Å²) in [6, 6.07) is 25.4. The van der Waals surface area contributed by atoms with E-state index in [2.05, 4.69) is 60.5 Å². The normalized spacial score (nSPS) is 18.4. The number of hydrogen-bond donors (Lipinski definition) is 3. The average molecular weight is 473 g/mol. The lowest BCUT2D eigenvalue weighted by molar-refractivity contribution is -0.129. The topological polar surface area (TPSA) is 58.2 Å². The van der Waals surface area contributed by atoms with Crippen LogP contribution in [0.25, 0.3) is 11.1 Å². The van der Waals surface area contributed by atoms with Crippen molar-refractivity contribution in [1.82, 2.24) is 10.6 Å². The fourth-order valence-corrected chi connectivity index (χ4v) is 4.80. The van der Waals surface area contributed by atoms with Crippen LogP contribution in [-0.2, 0) is 16.0 Å². The van der Waals surface area contributed by atoms with Gasteiger partial charge in [-0.2, -0.15) is 12.6 Å². The van der Waals surface area contributed by atoms with Crippen LogP contribution >= 0.6 is 12.6 Å². The zero-order valence-electron chi connectivity index (χ0n) is 19.5. The predicted octanol–water partition coefficient (Wildman–Crippen LogP) is 5.80. The lowest BCUT2D eigenvalue weighted by Crippen LogP contribution is -2.48. The van der Waals surface area contributed by atoms with Crippen LogP contribution in [-0.4, -0.2) is 17.9 Å². The number of benzene rings is 3. The largest absolute Gasteiger partial charge is 0.347 e. The van der Waals surface area contributed by atoms with Crippen LogP contribution in [0.4, 0.5) is 0 Å². The van der Waals surface area contributed by atoms with E-state index in [0.29, 0.717) is 6.42 Å². The highest BCUT2D eigenvalue weighted by Gasteiger charge is 2.31. The zero-order chi connectivity index (χ0) is 23.9. The van der Waals surface area contributed by atoms with Gasteiger partial charge in [0, 0.05) is 6.42 Å². The molecule has 0 aromatic heterocycles. The number of thiol groups is 1. The molecule has 0 saturated carbocycles. The van der Waals surface area contributed by atoms with Gasteiger partial charge in [-0.25, -0.2) is 0 Å². The van der Waals surface area contributed by atoms with E-state index >= 15 is 0 Å². The van der Waals surface area contributed by atoms with Crippen LogP contribution in [0.5, 0.6) is 0 Å². The molecule has 4 rings (SSSR count). The fourth-order valence-electron chi connectivity index (χ4n) is 4.56. The molecule has 3 aromatic rings. The number of hydrogen-bond acceptors (Lipinski definition) is 3. The number of amides is 2. The van der Waals surface area contributed by atoms with Gasteiger partial charge in [-0.05, 0) is 40.3 Å². The molecule has 0 aliphatic carbocycles. The Labute approximate surface area is 207 Å². The van der Waals surface area contributed by atoms with Crippen molar-refractivity contribution in [2.75, 3.05) is 0 Å². The quantitative estimate of drug-likeness (QED) is 0.286. The van der Waals surface area contributed by atoms with Crippen LogP contribution in [0.2, 0.25) is 0 Å². The van der Waals surface area contributed by atoms with Gasteiger partial charge in [0.25, 0.3) is 0 Å². The Hall–Kier alpha value is -3.05. The van der Waals surface area contributed by atoms with Crippen molar-refractivity contribution >= 4 is 24.4 Å². The lowest BCUT2D eigenvalue weighted by atomic mass is 9.91. The molecule has 0 bridgehead atoms. The molecule has 2 N–H and O–H groups in total. The standard InChI is InChI=1S/C29H32N2O2S/c1-2-3-6-15-25-24-18-22(20-11-7-4-8-12-20)16-17-23(24)19-26(28(32)30-25)31-29(33)27(34)21-13-9-5-10-14-21/h4-5,7-14,16-18,25-27,34H,2-3,6,15,19H2,1H3,(H,30,32)(H,31,33)/t25-,26+,27?/m1/s1. The smallest absolute Gasteiger partial charge is 0.243 e. The maximum atomic E-state index is 13.2. The van der Waals surface area contributed by atoms with Gasteiger partial charge in [-0.3, -0.25) is 9.59 Å². The molecule has 1 unspecified atom stereocenters. The maximum absolute atomic E-state index is 13.2. The minimum absolute atomic E-state index is 0.0689. The average Bonchev–Trinajstić information content (AvgIpc) is 3.00. The van der Waals surface area contributed by atoms with Crippen molar-refractivity contribution < 1.29 is 9.59 Å². The molecular formula is C29H32N2O2S. The van der Waals surface area contributed by atoms with Crippen molar-refractivity contribution in [2.45, 2.75) is 56.4 Å². The minimum Gasteiger partial charge on any atom is -0.347 e. The van der Waals surface area contributed by atoms with Crippen LogP contribution in [0.1, 0.15) is 60.6 Å².